The first-order chi connectivity index (χ1) is 7.38. The summed E-state index contributed by atoms with van der Waals surface area (Å²) in [5, 5.41) is 0.974. The van der Waals surface area contributed by atoms with Crippen molar-refractivity contribution in [3.05, 3.63) is 29.8 Å². The Labute approximate surface area is 95.5 Å². The van der Waals surface area contributed by atoms with Crippen molar-refractivity contribution in [1.29, 1.82) is 0 Å². The van der Waals surface area contributed by atoms with Crippen molar-refractivity contribution in [2.45, 2.75) is 26.2 Å². The third-order valence-corrected chi connectivity index (χ3v) is 2.73. The number of fused-ring (bicyclic) bond motifs is 1. The van der Waals surface area contributed by atoms with Gasteiger partial charge in [-0.05, 0) is 23.1 Å². The fourth-order valence-corrected chi connectivity index (χ4v) is 1.74. The number of aromatic nitrogens is 1. The third-order valence-electron chi connectivity index (χ3n) is 2.73. The molecule has 3 nitrogen and oxygen atoms in total. The van der Waals surface area contributed by atoms with Crippen LogP contribution < -0.4 is 11.5 Å². The second-order valence-corrected chi connectivity index (χ2v) is 5.12. The number of nitrogens with zero attached hydrogens (tertiary/aromatic N) is 1. The minimum Gasteiger partial charge on any atom is -0.398 e. The molecule has 16 heavy (non-hydrogen) atoms. The second-order valence-electron chi connectivity index (χ2n) is 5.12. The number of nitrogens with two attached hydrogens (primary N) is 2. The highest BCUT2D eigenvalue weighted by atomic mass is 14.8. The van der Waals surface area contributed by atoms with E-state index in [0.29, 0.717) is 11.5 Å². The molecule has 0 unspecified atom stereocenters. The SMILES string of the molecule is CC(C)(C)c1ccc2nc(N)cc(N)c2c1. The first-order valence-corrected chi connectivity index (χ1v) is 5.34. The lowest BCUT2D eigenvalue weighted by molar-refractivity contribution is 0.591. The summed E-state index contributed by atoms with van der Waals surface area (Å²) in [6.45, 7) is 6.53. The molecule has 0 aliphatic heterocycles. The van der Waals surface area contributed by atoms with Gasteiger partial charge in [0.05, 0.1) is 5.52 Å². The summed E-state index contributed by atoms with van der Waals surface area (Å²) in [6.07, 6.45) is 0. The van der Waals surface area contributed by atoms with Crippen LogP contribution in [0.15, 0.2) is 24.3 Å². The van der Waals surface area contributed by atoms with Crippen LogP contribution in [-0.2, 0) is 5.41 Å². The van der Waals surface area contributed by atoms with E-state index in [-0.39, 0.29) is 5.41 Å². The monoisotopic (exact) mass is 215 g/mol. The van der Waals surface area contributed by atoms with E-state index in [2.05, 4.69) is 37.9 Å². The Kier molecular flexibility index (Phi) is 2.26. The zero-order valence-electron chi connectivity index (χ0n) is 9.91. The molecule has 2 rings (SSSR count). The Balaban J connectivity index is 2.72. The molecular formula is C13H17N3. The Morgan fingerprint density at radius 1 is 1.06 bits per heavy atom. The van der Waals surface area contributed by atoms with Gasteiger partial charge in [0.15, 0.2) is 0 Å². The van der Waals surface area contributed by atoms with E-state index < -0.39 is 0 Å². The van der Waals surface area contributed by atoms with E-state index >= 15 is 0 Å². The molecule has 3 heteroatoms. The molecule has 0 aliphatic carbocycles. The van der Waals surface area contributed by atoms with E-state index in [1.807, 2.05) is 6.07 Å². The first-order valence-electron chi connectivity index (χ1n) is 5.34. The zero-order chi connectivity index (χ0) is 11.9. The second kappa shape index (κ2) is 3.37. The summed E-state index contributed by atoms with van der Waals surface area (Å²) in [7, 11) is 0. The van der Waals surface area contributed by atoms with Gasteiger partial charge in [-0.25, -0.2) is 4.98 Å². The number of hydrogen-bond acceptors (Lipinski definition) is 3. The number of pyridine rings is 1. The third kappa shape index (κ3) is 1.81. The molecule has 1 aromatic heterocycles. The van der Waals surface area contributed by atoms with Crippen LogP contribution in [0.4, 0.5) is 11.5 Å². The van der Waals surface area contributed by atoms with E-state index in [1.54, 1.807) is 6.07 Å². The molecule has 0 saturated carbocycles. The van der Waals surface area contributed by atoms with E-state index in [9.17, 15) is 0 Å². The van der Waals surface area contributed by atoms with Crippen molar-refractivity contribution in [2.75, 3.05) is 11.5 Å². The number of hydrogen-bond donors (Lipinski definition) is 2. The number of rotatable bonds is 0. The van der Waals surface area contributed by atoms with Gasteiger partial charge in [0, 0.05) is 17.1 Å². The molecule has 84 valence electrons. The molecule has 0 amide bonds. The molecule has 0 spiro atoms. The largest absolute Gasteiger partial charge is 0.398 e. The Morgan fingerprint density at radius 2 is 1.75 bits per heavy atom. The van der Waals surface area contributed by atoms with Crippen LogP contribution in [0.2, 0.25) is 0 Å². The maximum absolute atomic E-state index is 5.95. The van der Waals surface area contributed by atoms with E-state index in [0.717, 1.165) is 10.9 Å². The van der Waals surface area contributed by atoms with E-state index in [4.69, 9.17) is 11.5 Å². The van der Waals surface area contributed by atoms with Crippen LogP contribution in [0.5, 0.6) is 0 Å². The predicted molar refractivity (Wildman–Crippen MR) is 69.3 cm³/mol. The standard InChI is InChI=1S/C13H17N3/c1-13(2,3)8-4-5-11-9(6-8)10(14)7-12(15)16-11/h4-7H,1-3H3,(H4,14,15,16). The molecule has 0 saturated heterocycles. The van der Waals surface area contributed by atoms with Crippen molar-refractivity contribution in [1.82, 2.24) is 4.98 Å². The van der Waals surface area contributed by atoms with Crippen molar-refractivity contribution in [2.24, 2.45) is 0 Å². The Hall–Kier alpha value is -1.77. The molecular weight excluding hydrogens is 198 g/mol. The van der Waals surface area contributed by atoms with Crippen LogP contribution >= 0.6 is 0 Å². The molecule has 1 aromatic carbocycles. The van der Waals surface area contributed by atoms with Gasteiger partial charge in [0.2, 0.25) is 0 Å². The predicted octanol–water partition coefficient (Wildman–Crippen LogP) is 2.70. The normalized spacial score (nSPS) is 11.9. The van der Waals surface area contributed by atoms with Crippen molar-refractivity contribution < 1.29 is 0 Å². The first kappa shape index (κ1) is 10.7. The summed E-state index contributed by atoms with van der Waals surface area (Å²) in [5.41, 5.74) is 14.5. The minimum absolute atomic E-state index is 0.113. The molecule has 0 aliphatic rings. The van der Waals surface area contributed by atoms with E-state index in [1.165, 1.54) is 5.56 Å². The molecule has 2 aromatic rings. The van der Waals surface area contributed by atoms with Crippen molar-refractivity contribution in [3.63, 3.8) is 0 Å². The van der Waals surface area contributed by atoms with Gasteiger partial charge in [-0.15, -0.1) is 0 Å². The molecule has 1 heterocycles. The maximum atomic E-state index is 5.95. The number of nitrogen functional groups attached to an aromatic ring is 2. The lowest BCUT2D eigenvalue weighted by Gasteiger charge is -2.19. The lowest BCUT2D eigenvalue weighted by Crippen LogP contribution is -2.11. The van der Waals surface area contributed by atoms with Gasteiger partial charge in [0.1, 0.15) is 5.82 Å². The fourth-order valence-electron chi connectivity index (χ4n) is 1.74. The summed E-state index contributed by atoms with van der Waals surface area (Å²) in [6, 6.07) is 7.85. The van der Waals surface area contributed by atoms with Gasteiger partial charge in [-0.1, -0.05) is 26.8 Å². The molecule has 0 atom stereocenters. The van der Waals surface area contributed by atoms with Crippen LogP contribution in [0.3, 0.4) is 0 Å². The smallest absolute Gasteiger partial charge is 0.126 e. The molecule has 0 fully saturated rings. The summed E-state index contributed by atoms with van der Waals surface area (Å²) >= 11 is 0. The van der Waals surface area contributed by atoms with Crippen molar-refractivity contribution >= 4 is 22.4 Å². The molecule has 4 N–H and O–H groups in total. The van der Waals surface area contributed by atoms with Gasteiger partial charge in [-0.3, -0.25) is 0 Å². The van der Waals surface area contributed by atoms with Crippen molar-refractivity contribution in [3.8, 4) is 0 Å². The highest BCUT2D eigenvalue weighted by molar-refractivity contribution is 5.92. The Morgan fingerprint density at radius 3 is 2.38 bits per heavy atom. The van der Waals surface area contributed by atoms with Gasteiger partial charge in [0.25, 0.3) is 0 Å². The number of benzene rings is 1. The summed E-state index contributed by atoms with van der Waals surface area (Å²) < 4.78 is 0. The number of anilines is 2. The average Bonchev–Trinajstić information content (AvgIpc) is 2.15. The highest BCUT2D eigenvalue weighted by Gasteiger charge is 2.14. The maximum Gasteiger partial charge on any atom is 0.126 e. The minimum atomic E-state index is 0.113. The average molecular weight is 215 g/mol. The zero-order valence-corrected chi connectivity index (χ0v) is 9.91. The quantitative estimate of drug-likeness (QED) is 0.710. The van der Waals surface area contributed by atoms with Gasteiger partial charge in [-0.2, -0.15) is 0 Å². The fraction of sp³-hybridized carbons (Fsp3) is 0.308. The van der Waals surface area contributed by atoms with Gasteiger partial charge < -0.3 is 11.5 Å². The van der Waals surface area contributed by atoms with Crippen LogP contribution in [-0.4, -0.2) is 4.98 Å². The summed E-state index contributed by atoms with van der Waals surface area (Å²) in [5.74, 6) is 0.466. The molecule has 0 radical (unpaired) electrons. The van der Waals surface area contributed by atoms with Crippen LogP contribution in [0.1, 0.15) is 26.3 Å². The topological polar surface area (TPSA) is 64.9 Å². The highest BCUT2D eigenvalue weighted by Crippen LogP contribution is 2.28. The van der Waals surface area contributed by atoms with Crippen LogP contribution in [0.25, 0.3) is 10.9 Å². The summed E-state index contributed by atoms with van der Waals surface area (Å²) in [4.78, 5) is 4.26. The lowest BCUT2D eigenvalue weighted by atomic mass is 9.86. The van der Waals surface area contributed by atoms with Crippen LogP contribution in [0, 0.1) is 0 Å². The Bertz CT molecular complexity index is 539. The molecule has 0 bridgehead atoms. The van der Waals surface area contributed by atoms with Gasteiger partial charge >= 0.3 is 0 Å².